The molecule has 0 spiro atoms. The third-order valence-corrected chi connectivity index (χ3v) is 3.46. The first-order valence-electron chi connectivity index (χ1n) is 3.92. The second-order valence-corrected chi connectivity index (χ2v) is 5.21. The highest BCUT2D eigenvalue weighted by molar-refractivity contribution is 9.11. The highest BCUT2D eigenvalue weighted by Gasteiger charge is 2.21. The predicted octanol–water partition coefficient (Wildman–Crippen LogP) is 3.64. The zero-order valence-electron chi connectivity index (χ0n) is 7.65. The first-order valence-corrected chi connectivity index (χ1v) is 6.64. The molecule has 0 aromatic heterocycles. The average molecular weight is 359 g/mol. The Bertz CT molecular complexity index is 373. The summed E-state index contributed by atoms with van der Waals surface area (Å²) in [6, 6.07) is 3.26. The van der Waals surface area contributed by atoms with Crippen LogP contribution in [0.2, 0.25) is 0 Å². The Balaban J connectivity index is 3.00. The van der Waals surface area contributed by atoms with Crippen LogP contribution in [-0.2, 0) is 9.09 Å². The summed E-state index contributed by atoms with van der Waals surface area (Å²) in [7, 11) is -2.63. The minimum Gasteiger partial charge on any atom is -0.506 e. The Morgan fingerprint density at radius 1 is 1.40 bits per heavy atom. The fourth-order valence-electron chi connectivity index (χ4n) is 1.02. The van der Waals surface area contributed by atoms with Crippen molar-refractivity contribution in [2.24, 2.45) is 0 Å². The normalized spacial score (nSPS) is 13.7. The summed E-state index contributed by atoms with van der Waals surface area (Å²) < 4.78 is 16.2. The Kier molecular flexibility index (Phi) is 4.67. The molecular weight excluding hydrogens is 351 g/mol. The molecule has 0 saturated heterocycles. The van der Waals surface area contributed by atoms with Gasteiger partial charge in [0, 0.05) is 4.57 Å². The summed E-state index contributed by atoms with van der Waals surface area (Å²) in [5.41, 5.74) is 0.684. The number of rotatable bonds is 3. The van der Waals surface area contributed by atoms with E-state index in [1.807, 2.05) is 0 Å². The summed E-state index contributed by atoms with van der Waals surface area (Å²) in [4.78, 5) is 8.59. The van der Waals surface area contributed by atoms with E-state index in [1.54, 1.807) is 19.1 Å². The van der Waals surface area contributed by atoms with Gasteiger partial charge in [-0.15, -0.1) is 9.42 Å². The van der Waals surface area contributed by atoms with E-state index in [0.717, 1.165) is 0 Å². The smallest absolute Gasteiger partial charge is 0.506 e. The molecule has 0 aliphatic heterocycles. The van der Waals surface area contributed by atoms with Gasteiger partial charge in [0.15, 0.2) is 0 Å². The first-order chi connectivity index (χ1) is 6.91. The molecule has 1 aromatic rings. The molecule has 2 unspecified atom stereocenters. The highest BCUT2D eigenvalue weighted by atomic mass is 79.9. The molecule has 0 heterocycles. The Hall–Kier alpha value is -0.0000000000000000555. The van der Waals surface area contributed by atoms with E-state index in [2.05, 4.69) is 31.9 Å². The van der Waals surface area contributed by atoms with Crippen LogP contribution in [0.5, 0.6) is 5.75 Å². The van der Waals surface area contributed by atoms with Crippen molar-refractivity contribution in [1.82, 2.24) is 0 Å². The van der Waals surface area contributed by atoms with Crippen molar-refractivity contribution in [3.05, 3.63) is 26.6 Å². The van der Waals surface area contributed by atoms with Gasteiger partial charge in [-0.25, -0.2) is 0 Å². The van der Waals surface area contributed by atoms with Crippen LogP contribution in [-0.4, -0.2) is 10.00 Å². The summed E-state index contributed by atoms with van der Waals surface area (Å²) in [6.07, 6.45) is -0.521. The quantitative estimate of drug-likeness (QED) is 0.809. The van der Waals surface area contributed by atoms with E-state index >= 15 is 0 Å². The van der Waals surface area contributed by atoms with Crippen LogP contribution in [0, 0.1) is 0 Å². The first kappa shape index (κ1) is 13.1. The van der Waals surface area contributed by atoms with E-state index in [-0.39, 0.29) is 5.75 Å². The summed E-state index contributed by atoms with van der Waals surface area (Å²) >= 11 is 6.32. The van der Waals surface area contributed by atoms with E-state index < -0.39 is 14.4 Å². The van der Waals surface area contributed by atoms with E-state index in [9.17, 15) is 9.67 Å². The maximum absolute atomic E-state index is 10.5. The zero-order chi connectivity index (χ0) is 11.6. The Labute approximate surface area is 104 Å². The number of benzene rings is 1. The van der Waals surface area contributed by atoms with Crippen LogP contribution in [0.4, 0.5) is 0 Å². The van der Waals surface area contributed by atoms with Gasteiger partial charge in [0.2, 0.25) is 0 Å². The molecule has 1 rings (SSSR count). The number of phenols is 1. The third-order valence-electron chi connectivity index (χ3n) is 1.76. The molecule has 15 heavy (non-hydrogen) atoms. The van der Waals surface area contributed by atoms with Crippen molar-refractivity contribution in [1.29, 1.82) is 0 Å². The molecule has 0 amide bonds. The van der Waals surface area contributed by atoms with Crippen molar-refractivity contribution >= 4 is 40.1 Å². The van der Waals surface area contributed by atoms with E-state index in [1.165, 1.54) is 0 Å². The van der Waals surface area contributed by atoms with Crippen molar-refractivity contribution in [3.8, 4) is 5.75 Å². The van der Waals surface area contributed by atoms with E-state index in [0.29, 0.717) is 14.5 Å². The summed E-state index contributed by atoms with van der Waals surface area (Å²) in [5, 5.41) is 9.45. The van der Waals surface area contributed by atoms with Gasteiger partial charge in [0.1, 0.15) is 11.9 Å². The molecular formula is C8H8Br2O4P+. The van der Waals surface area contributed by atoms with Gasteiger partial charge >= 0.3 is 8.25 Å². The number of phenolic OH excluding ortho intramolecular Hbond substituents is 1. The lowest BCUT2D eigenvalue weighted by molar-refractivity contribution is 0.209. The molecule has 0 bridgehead atoms. The molecule has 0 aliphatic carbocycles. The van der Waals surface area contributed by atoms with Crippen LogP contribution in [0.3, 0.4) is 0 Å². The second kappa shape index (κ2) is 5.37. The standard InChI is InChI=1S/C8H7Br2O4P/c1-4(14-15(12)13)5-2-6(9)8(11)7(10)3-5/h2-4H,1H3,(H-,11,12,13)/p+1. The van der Waals surface area contributed by atoms with Crippen LogP contribution < -0.4 is 0 Å². The minimum atomic E-state index is -2.63. The highest BCUT2D eigenvalue weighted by Crippen LogP contribution is 2.37. The van der Waals surface area contributed by atoms with Crippen molar-refractivity contribution < 1.29 is 19.1 Å². The molecule has 82 valence electrons. The maximum Gasteiger partial charge on any atom is 0.695 e. The van der Waals surface area contributed by atoms with Gasteiger partial charge in [0.25, 0.3) is 0 Å². The topological polar surface area (TPSA) is 66.8 Å². The number of aromatic hydroxyl groups is 1. The van der Waals surface area contributed by atoms with Crippen LogP contribution in [0.1, 0.15) is 18.6 Å². The third kappa shape index (κ3) is 3.50. The summed E-state index contributed by atoms with van der Waals surface area (Å²) in [5.74, 6) is 0.0827. The molecule has 0 aliphatic rings. The van der Waals surface area contributed by atoms with Gasteiger partial charge in [0.05, 0.1) is 8.95 Å². The molecule has 2 N–H and O–H groups in total. The lowest BCUT2D eigenvalue weighted by Crippen LogP contribution is -1.94. The number of hydrogen-bond acceptors (Lipinski definition) is 3. The molecule has 0 saturated carbocycles. The van der Waals surface area contributed by atoms with Gasteiger partial charge < -0.3 is 5.11 Å². The molecule has 0 fully saturated rings. The Morgan fingerprint density at radius 3 is 2.27 bits per heavy atom. The lowest BCUT2D eigenvalue weighted by atomic mass is 10.1. The molecule has 0 radical (unpaired) electrons. The number of hydrogen-bond donors (Lipinski definition) is 2. The SMILES string of the molecule is CC(O[P+](=O)O)c1cc(Br)c(O)c(Br)c1. The second-order valence-electron chi connectivity index (χ2n) is 2.82. The predicted molar refractivity (Wildman–Crippen MR) is 62.8 cm³/mol. The summed E-state index contributed by atoms with van der Waals surface area (Å²) in [6.45, 7) is 1.65. The Morgan fingerprint density at radius 2 is 1.87 bits per heavy atom. The van der Waals surface area contributed by atoms with Crippen molar-refractivity contribution in [3.63, 3.8) is 0 Å². The largest absolute Gasteiger partial charge is 0.695 e. The fraction of sp³-hybridized carbons (Fsp3) is 0.250. The van der Waals surface area contributed by atoms with Crippen LogP contribution >= 0.6 is 40.1 Å². The van der Waals surface area contributed by atoms with Gasteiger partial charge in [-0.3, -0.25) is 0 Å². The van der Waals surface area contributed by atoms with Crippen molar-refractivity contribution in [2.45, 2.75) is 13.0 Å². The molecule has 1 aromatic carbocycles. The lowest BCUT2D eigenvalue weighted by Gasteiger charge is -2.07. The monoisotopic (exact) mass is 357 g/mol. The van der Waals surface area contributed by atoms with Gasteiger partial charge in [-0.05, 0) is 56.5 Å². The maximum atomic E-state index is 10.5. The molecule has 2 atom stereocenters. The zero-order valence-corrected chi connectivity index (χ0v) is 11.7. The van der Waals surface area contributed by atoms with E-state index in [4.69, 9.17) is 9.42 Å². The fourth-order valence-corrected chi connectivity index (χ4v) is 2.63. The molecule has 4 nitrogen and oxygen atoms in total. The van der Waals surface area contributed by atoms with Crippen molar-refractivity contribution in [2.75, 3.05) is 0 Å². The average Bonchev–Trinajstić information content (AvgIpc) is 2.12. The minimum absolute atomic E-state index is 0.0827. The van der Waals surface area contributed by atoms with Crippen LogP contribution in [0.15, 0.2) is 21.1 Å². The van der Waals surface area contributed by atoms with Gasteiger partial charge in [-0.1, -0.05) is 0 Å². The van der Waals surface area contributed by atoms with Crippen LogP contribution in [0.25, 0.3) is 0 Å². The molecule has 7 heteroatoms. The number of halogens is 2. The van der Waals surface area contributed by atoms with Gasteiger partial charge in [-0.2, -0.15) is 0 Å².